The summed E-state index contributed by atoms with van der Waals surface area (Å²) in [7, 11) is -2.15. The number of carbonyl (C=O) groups is 2. The summed E-state index contributed by atoms with van der Waals surface area (Å²) >= 11 is 0. The summed E-state index contributed by atoms with van der Waals surface area (Å²) in [4.78, 5) is 25.2. The number of rotatable bonds is 7. The number of hydrogen-bond acceptors (Lipinski definition) is 5. The third-order valence-electron chi connectivity index (χ3n) is 4.02. The molecule has 0 aliphatic heterocycles. The van der Waals surface area contributed by atoms with Crippen LogP contribution in [-0.2, 0) is 16.6 Å². The number of amides is 1. The van der Waals surface area contributed by atoms with Crippen molar-refractivity contribution in [2.24, 2.45) is 0 Å². The van der Waals surface area contributed by atoms with Crippen LogP contribution in [0.1, 0.15) is 44.7 Å². The Morgan fingerprint density at radius 2 is 1.85 bits per heavy atom. The van der Waals surface area contributed by atoms with Crippen LogP contribution < -0.4 is 4.72 Å². The molecule has 2 aromatic rings. The van der Waals surface area contributed by atoms with Gasteiger partial charge >= 0.3 is 5.97 Å². The van der Waals surface area contributed by atoms with E-state index in [2.05, 4.69) is 4.72 Å². The molecule has 2 N–H and O–H groups in total. The van der Waals surface area contributed by atoms with Crippen molar-refractivity contribution in [1.82, 2.24) is 9.62 Å². The summed E-state index contributed by atoms with van der Waals surface area (Å²) in [5, 5.41) is 9.08. The van der Waals surface area contributed by atoms with E-state index in [1.165, 1.54) is 37.1 Å². The molecule has 0 fully saturated rings. The third-order valence-corrected chi connectivity index (χ3v) is 5.57. The van der Waals surface area contributed by atoms with Gasteiger partial charge in [0.2, 0.25) is 10.0 Å². The Hall–Kier alpha value is -2.65. The van der Waals surface area contributed by atoms with E-state index >= 15 is 0 Å². The zero-order valence-corrected chi connectivity index (χ0v) is 16.4. The normalized spacial score (nSPS) is 11.4. The molecule has 0 saturated carbocycles. The Kier molecular flexibility index (Phi) is 6.07. The Morgan fingerprint density at radius 1 is 1.19 bits per heavy atom. The number of sulfonamides is 1. The van der Waals surface area contributed by atoms with E-state index in [0.717, 1.165) is 0 Å². The van der Waals surface area contributed by atoms with Gasteiger partial charge in [-0.2, -0.15) is 0 Å². The molecule has 1 aromatic carbocycles. The van der Waals surface area contributed by atoms with Gasteiger partial charge in [-0.25, -0.2) is 17.9 Å². The highest BCUT2D eigenvalue weighted by Crippen LogP contribution is 2.20. The van der Waals surface area contributed by atoms with Gasteiger partial charge in [-0.1, -0.05) is 13.0 Å². The molecular weight excluding hydrogens is 372 g/mol. The second kappa shape index (κ2) is 7.93. The molecule has 1 aromatic heterocycles. The molecule has 146 valence electrons. The fourth-order valence-corrected chi connectivity index (χ4v) is 3.68. The lowest BCUT2D eigenvalue weighted by Gasteiger charge is -2.18. The first kappa shape index (κ1) is 20.7. The maximum Gasteiger partial charge on any atom is 0.339 e. The summed E-state index contributed by atoms with van der Waals surface area (Å²) < 4.78 is 32.1. The fourth-order valence-electron chi connectivity index (χ4n) is 2.62. The number of nitrogens with zero attached hydrogens (tertiary/aromatic N) is 1. The molecular formula is C18H22N2O6S. The maximum absolute atomic E-state index is 12.8. The van der Waals surface area contributed by atoms with Crippen LogP contribution in [0.5, 0.6) is 0 Å². The first-order chi connectivity index (χ1) is 12.6. The third kappa shape index (κ3) is 4.55. The second-order valence-corrected chi connectivity index (χ2v) is 7.89. The van der Waals surface area contributed by atoms with Gasteiger partial charge in [0.25, 0.3) is 5.91 Å². The molecule has 1 amide bonds. The van der Waals surface area contributed by atoms with E-state index in [-0.39, 0.29) is 34.9 Å². The van der Waals surface area contributed by atoms with Crippen LogP contribution in [0.3, 0.4) is 0 Å². The molecule has 0 aliphatic carbocycles. The first-order valence-electron chi connectivity index (χ1n) is 8.25. The molecule has 1 heterocycles. The topological polar surface area (TPSA) is 117 Å². The predicted octanol–water partition coefficient (Wildman–Crippen LogP) is 2.17. The quantitative estimate of drug-likeness (QED) is 0.743. The summed E-state index contributed by atoms with van der Waals surface area (Å²) in [5.74, 6) is -0.913. The molecule has 0 atom stereocenters. The SMILES string of the molecule is CCNS(=O)(=O)c1ccc(C)c(C(=O)N(C)Cc2cc(C(=O)O)c(C)o2)c1. The lowest BCUT2D eigenvalue weighted by atomic mass is 10.1. The van der Waals surface area contributed by atoms with Crippen molar-refractivity contribution in [2.75, 3.05) is 13.6 Å². The van der Waals surface area contributed by atoms with Crippen LogP contribution in [0.4, 0.5) is 0 Å². The average Bonchev–Trinajstić information content (AvgIpc) is 2.95. The Bertz CT molecular complexity index is 978. The van der Waals surface area contributed by atoms with Crippen LogP contribution in [0, 0.1) is 13.8 Å². The molecule has 0 unspecified atom stereocenters. The number of aromatic carboxylic acids is 1. The van der Waals surface area contributed by atoms with Crippen molar-refractivity contribution in [1.29, 1.82) is 0 Å². The second-order valence-electron chi connectivity index (χ2n) is 6.13. The number of furan rings is 1. The van der Waals surface area contributed by atoms with Gasteiger partial charge in [-0.3, -0.25) is 4.79 Å². The standard InChI is InChI=1S/C18H22N2O6S/c1-5-19-27(24,25)14-7-6-11(2)15(9-14)17(21)20(4)10-13-8-16(18(22)23)12(3)26-13/h6-9,19H,5,10H2,1-4H3,(H,22,23). The lowest BCUT2D eigenvalue weighted by Crippen LogP contribution is -2.28. The van der Waals surface area contributed by atoms with E-state index in [4.69, 9.17) is 9.52 Å². The van der Waals surface area contributed by atoms with Crippen LogP contribution in [0.15, 0.2) is 33.6 Å². The van der Waals surface area contributed by atoms with Crippen LogP contribution in [0.2, 0.25) is 0 Å². The summed E-state index contributed by atoms with van der Waals surface area (Å²) in [6, 6.07) is 5.73. The highest BCUT2D eigenvalue weighted by Gasteiger charge is 2.21. The minimum Gasteiger partial charge on any atom is -0.478 e. The largest absolute Gasteiger partial charge is 0.478 e. The monoisotopic (exact) mass is 394 g/mol. The Labute approximate surface area is 157 Å². The van der Waals surface area contributed by atoms with E-state index in [1.54, 1.807) is 19.9 Å². The van der Waals surface area contributed by atoms with Crippen LogP contribution in [0.25, 0.3) is 0 Å². The number of carboxylic acid groups (broad SMARTS) is 1. The van der Waals surface area contributed by atoms with Crippen molar-refractivity contribution in [2.45, 2.75) is 32.2 Å². The minimum atomic E-state index is -3.68. The number of aryl methyl sites for hydroxylation is 2. The number of benzene rings is 1. The molecule has 0 saturated heterocycles. The number of carboxylic acids is 1. The van der Waals surface area contributed by atoms with Gasteiger partial charge in [0.05, 0.1) is 11.4 Å². The van der Waals surface area contributed by atoms with E-state index in [0.29, 0.717) is 11.3 Å². The molecule has 8 nitrogen and oxygen atoms in total. The van der Waals surface area contributed by atoms with Gasteiger partial charge < -0.3 is 14.4 Å². The van der Waals surface area contributed by atoms with Crippen molar-refractivity contribution < 1.29 is 27.5 Å². The predicted molar refractivity (Wildman–Crippen MR) is 98.2 cm³/mol. The lowest BCUT2D eigenvalue weighted by molar-refractivity contribution is 0.0694. The van der Waals surface area contributed by atoms with E-state index in [1.807, 2.05) is 0 Å². The molecule has 2 rings (SSSR count). The van der Waals surface area contributed by atoms with Crippen molar-refractivity contribution >= 4 is 21.9 Å². The molecule has 9 heteroatoms. The summed E-state index contributed by atoms with van der Waals surface area (Å²) in [5.41, 5.74) is 0.920. The van der Waals surface area contributed by atoms with Gasteiger partial charge in [0.15, 0.2) is 0 Å². The molecule has 0 spiro atoms. The zero-order valence-electron chi connectivity index (χ0n) is 15.6. The molecule has 0 aliphatic rings. The smallest absolute Gasteiger partial charge is 0.339 e. The summed E-state index contributed by atoms with van der Waals surface area (Å²) in [6.45, 7) is 5.21. The zero-order chi connectivity index (χ0) is 20.4. The molecule has 0 radical (unpaired) electrons. The average molecular weight is 394 g/mol. The Balaban J connectivity index is 2.28. The van der Waals surface area contributed by atoms with Gasteiger partial charge in [-0.05, 0) is 37.6 Å². The van der Waals surface area contributed by atoms with Gasteiger partial charge in [0.1, 0.15) is 17.1 Å². The highest BCUT2D eigenvalue weighted by atomic mass is 32.2. The summed E-state index contributed by atoms with van der Waals surface area (Å²) in [6.07, 6.45) is 0. The van der Waals surface area contributed by atoms with Gasteiger partial charge in [0, 0.05) is 19.2 Å². The molecule has 0 bridgehead atoms. The van der Waals surface area contributed by atoms with E-state index < -0.39 is 21.9 Å². The minimum absolute atomic E-state index is 0.00806. The van der Waals surface area contributed by atoms with Crippen LogP contribution >= 0.6 is 0 Å². The molecule has 27 heavy (non-hydrogen) atoms. The highest BCUT2D eigenvalue weighted by molar-refractivity contribution is 7.89. The fraction of sp³-hybridized carbons (Fsp3) is 0.333. The number of hydrogen-bond donors (Lipinski definition) is 2. The Morgan fingerprint density at radius 3 is 2.41 bits per heavy atom. The van der Waals surface area contributed by atoms with Crippen molar-refractivity contribution in [3.05, 3.63) is 52.5 Å². The number of carbonyl (C=O) groups excluding carboxylic acids is 1. The van der Waals surface area contributed by atoms with Crippen molar-refractivity contribution in [3.8, 4) is 0 Å². The van der Waals surface area contributed by atoms with Crippen molar-refractivity contribution in [3.63, 3.8) is 0 Å². The maximum atomic E-state index is 12.8. The van der Waals surface area contributed by atoms with Crippen LogP contribution in [-0.4, -0.2) is 43.9 Å². The number of nitrogens with one attached hydrogen (secondary N) is 1. The van der Waals surface area contributed by atoms with Gasteiger partial charge in [-0.15, -0.1) is 0 Å². The van der Waals surface area contributed by atoms with E-state index in [9.17, 15) is 18.0 Å². The first-order valence-corrected chi connectivity index (χ1v) is 9.73.